The molecule has 0 aliphatic rings. The molecule has 0 unspecified atom stereocenters. The summed E-state index contributed by atoms with van der Waals surface area (Å²) in [6.45, 7) is 1.42. The van der Waals surface area contributed by atoms with Crippen molar-refractivity contribution in [3.63, 3.8) is 0 Å². The molecule has 0 spiro atoms. The zero-order chi connectivity index (χ0) is 17.2. The Kier molecular flexibility index (Phi) is 4.66. The van der Waals surface area contributed by atoms with E-state index in [1.54, 1.807) is 6.07 Å². The summed E-state index contributed by atoms with van der Waals surface area (Å²) in [6.07, 6.45) is 4.99. The van der Waals surface area contributed by atoms with Crippen molar-refractivity contribution < 1.29 is 13.5 Å². The number of ether oxygens (including phenoxy) is 1. The maximum Gasteiger partial charge on any atom is 0.322 e. The third-order valence-electron chi connectivity index (χ3n) is 3.56. The Balaban J connectivity index is 1.85. The van der Waals surface area contributed by atoms with Gasteiger partial charge < -0.3 is 9.30 Å². The molecule has 3 aromatic rings. The largest absolute Gasteiger partial charge is 0.422 e. The molecule has 3 rings (SSSR count). The molecule has 2 heterocycles. The number of alkyl halides is 2. The third kappa shape index (κ3) is 4.00. The van der Waals surface area contributed by atoms with Crippen molar-refractivity contribution in [2.75, 3.05) is 0 Å². The van der Waals surface area contributed by atoms with Crippen LogP contribution in [-0.2, 0) is 6.54 Å². The second-order valence-electron chi connectivity index (χ2n) is 5.66. The molecule has 0 bridgehead atoms. The molecule has 1 aromatic carbocycles. The van der Waals surface area contributed by atoms with E-state index in [0.29, 0.717) is 23.7 Å². The van der Waals surface area contributed by atoms with Crippen LogP contribution in [-0.4, -0.2) is 20.5 Å². The number of halogens is 3. The van der Waals surface area contributed by atoms with Crippen LogP contribution in [0.2, 0.25) is 5.02 Å². The van der Waals surface area contributed by atoms with Gasteiger partial charge in [-0.3, -0.25) is 0 Å². The minimum Gasteiger partial charge on any atom is -0.422 e. The van der Waals surface area contributed by atoms with Crippen LogP contribution in [0.4, 0.5) is 8.78 Å². The van der Waals surface area contributed by atoms with Crippen molar-refractivity contribution in [2.45, 2.75) is 32.2 Å². The molecule has 0 fully saturated rings. The Morgan fingerprint density at radius 2 is 1.96 bits per heavy atom. The highest BCUT2D eigenvalue weighted by Gasteiger charge is 2.20. The lowest BCUT2D eigenvalue weighted by atomic mass is 10.2. The van der Waals surface area contributed by atoms with Gasteiger partial charge in [-0.25, -0.2) is 18.7 Å². The minimum absolute atomic E-state index is 0.157. The first-order valence-corrected chi connectivity index (χ1v) is 7.91. The van der Waals surface area contributed by atoms with Gasteiger partial charge in [-0.1, -0.05) is 23.7 Å². The molecular formula is C17H16ClF2N3O. The summed E-state index contributed by atoms with van der Waals surface area (Å²) in [7, 11) is 0. The van der Waals surface area contributed by atoms with E-state index in [1.165, 1.54) is 12.4 Å². The molecule has 0 saturated heterocycles. The van der Waals surface area contributed by atoms with Gasteiger partial charge in [0.15, 0.2) is 5.75 Å². The van der Waals surface area contributed by atoms with Crippen LogP contribution in [0.3, 0.4) is 0 Å². The molecule has 0 radical (unpaired) electrons. The number of aryl methyl sites for hydroxylation is 1. The lowest BCUT2D eigenvalue weighted by Crippen LogP contribution is -2.10. The van der Waals surface area contributed by atoms with Crippen LogP contribution in [0.15, 0.2) is 42.9 Å². The molecule has 0 aliphatic heterocycles. The Morgan fingerprint density at radius 3 is 2.67 bits per heavy atom. The molecule has 0 aliphatic carbocycles. The zero-order valence-corrected chi connectivity index (χ0v) is 13.8. The average Bonchev–Trinajstić information content (AvgIpc) is 2.93. The summed E-state index contributed by atoms with van der Waals surface area (Å²) in [5, 5.41) is 1.38. The van der Waals surface area contributed by atoms with Crippen molar-refractivity contribution >= 4 is 22.5 Å². The predicted octanol–water partition coefficient (Wildman–Crippen LogP) is 5.31. The summed E-state index contributed by atoms with van der Waals surface area (Å²) in [4.78, 5) is 8.03. The molecule has 4 nitrogen and oxygen atoms in total. The molecule has 0 saturated carbocycles. The second kappa shape index (κ2) is 6.73. The number of hydrogen-bond donors (Lipinski definition) is 0. The van der Waals surface area contributed by atoms with Gasteiger partial charge >= 0.3 is 6.01 Å². The monoisotopic (exact) mass is 351 g/mol. The van der Waals surface area contributed by atoms with Crippen LogP contribution >= 0.6 is 11.6 Å². The molecule has 126 valence electrons. The number of nitrogens with zero attached hydrogens (tertiary/aromatic N) is 3. The normalized spacial score (nSPS) is 11.8. The number of benzene rings is 1. The first-order valence-electron chi connectivity index (χ1n) is 7.53. The summed E-state index contributed by atoms with van der Waals surface area (Å²) in [5.41, 5.74) is 0.829. The van der Waals surface area contributed by atoms with Crippen molar-refractivity contribution in [3.05, 3.63) is 47.9 Å². The number of aromatic nitrogens is 3. The fourth-order valence-electron chi connectivity index (χ4n) is 2.51. The second-order valence-corrected chi connectivity index (χ2v) is 6.10. The van der Waals surface area contributed by atoms with Gasteiger partial charge in [0.2, 0.25) is 5.92 Å². The SMILES string of the molecule is CC(F)(F)CCCn1ccc2cccc(Oc3ncc(Cl)cn3)c21. The van der Waals surface area contributed by atoms with Gasteiger partial charge in [0.05, 0.1) is 22.9 Å². The van der Waals surface area contributed by atoms with E-state index in [2.05, 4.69) is 9.97 Å². The topological polar surface area (TPSA) is 39.9 Å². The summed E-state index contributed by atoms with van der Waals surface area (Å²) in [6, 6.07) is 7.70. The first kappa shape index (κ1) is 16.6. The first-order chi connectivity index (χ1) is 11.4. The van der Waals surface area contributed by atoms with Gasteiger partial charge in [0.25, 0.3) is 0 Å². The standard InChI is InChI=1S/C17H16ClF2N3O/c1-17(19,20)7-3-8-23-9-6-12-4-2-5-14(15(12)23)24-16-21-10-13(18)11-22-16/h2,4-6,9-11H,3,7-8H2,1H3. The molecule has 7 heteroatoms. The third-order valence-corrected chi connectivity index (χ3v) is 3.76. The van der Waals surface area contributed by atoms with Crippen molar-refractivity contribution in [1.82, 2.24) is 14.5 Å². The maximum atomic E-state index is 13.0. The van der Waals surface area contributed by atoms with Gasteiger partial charge in [0.1, 0.15) is 0 Å². The molecular weight excluding hydrogens is 336 g/mol. The molecule has 24 heavy (non-hydrogen) atoms. The maximum absolute atomic E-state index is 13.0. The van der Waals surface area contributed by atoms with Crippen molar-refractivity contribution in [1.29, 1.82) is 0 Å². The van der Waals surface area contributed by atoms with Crippen LogP contribution in [0.1, 0.15) is 19.8 Å². The van der Waals surface area contributed by atoms with Crippen molar-refractivity contribution in [3.8, 4) is 11.8 Å². The quantitative estimate of drug-likeness (QED) is 0.604. The highest BCUT2D eigenvalue weighted by Crippen LogP contribution is 2.30. The van der Waals surface area contributed by atoms with E-state index in [-0.39, 0.29) is 12.4 Å². The fraction of sp³-hybridized carbons (Fsp3) is 0.294. The number of hydrogen-bond acceptors (Lipinski definition) is 3. The van der Waals surface area contributed by atoms with Crippen LogP contribution in [0.25, 0.3) is 10.9 Å². The lowest BCUT2D eigenvalue weighted by Gasteiger charge is -2.12. The summed E-state index contributed by atoms with van der Waals surface area (Å²) in [5.74, 6) is -2.08. The summed E-state index contributed by atoms with van der Waals surface area (Å²) < 4.78 is 33.7. The average molecular weight is 352 g/mol. The van der Waals surface area contributed by atoms with E-state index in [1.807, 2.05) is 29.0 Å². The van der Waals surface area contributed by atoms with Gasteiger partial charge in [-0.2, -0.15) is 0 Å². The Labute approximate surface area is 143 Å². The van der Waals surface area contributed by atoms with E-state index >= 15 is 0 Å². The van der Waals surface area contributed by atoms with Gasteiger partial charge in [-0.05, 0) is 25.5 Å². The Hall–Kier alpha value is -2.21. The Morgan fingerprint density at radius 1 is 1.21 bits per heavy atom. The van der Waals surface area contributed by atoms with Gasteiger partial charge in [-0.15, -0.1) is 0 Å². The molecule has 2 aromatic heterocycles. The van der Waals surface area contributed by atoms with Crippen LogP contribution in [0, 0.1) is 0 Å². The lowest BCUT2D eigenvalue weighted by molar-refractivity contribution is 0.0100. The highest BCUT2D eigenvalue weighted by atomic mass is 35.5. The smallest absolute Gasteiger partial charge is 0.322 e. The number of rotatable bonds is 6. The molecule has 0 N–H and O–H groups in total. The summed E-state index contributed by atoms with van der Waals surface area (Å²) >= 11 is 5.77. The number of para-hydroxylation sites is 1. The zero-order valence-electron chi connectivity index (χ0n) is 13.0. The van der Waals surface area contributed by atoms with Gasteiger partial charge in [0, 0.05) is 24.5 Å². The van der Waals surface area contributed by atoms with E-state index in [4.69, 9.17) is 16.3 Å². The molecule has 0 atom stereocenters. The van der Waals surface area contributed by atoms with E-state index in [0.717, 1.165) is 17.8 Å². The van der Waals surface area contributed by atoms with Crippen LogP contribution in [0.5, 0.6) is 11.8 Å². The van der Waals surface area contributed by atoms with E-state index < -0.39 is 5.92 Å². The Bertz CT molecular complexity index is 828. The highest BCUT2D eigenvalue weighted by molar-refractivity contribution is 6.30. The van der Waals surface area contributed by atoms with Crippen LogP contribution < -0.4 is 4.74 Å². The molecule has 0 amide bonds. The van der Waals surface area contributed by atoms with Crippen molar-refractivity contribution in [2.24, 2.45) is 0 Å². The van der Waals surface area contributed by atoms with E-state index in [9.17, 15) is 8.78 Å². The predicted molar refractivity (Wildman–Crippen MR) is 88.9 cm³/mol. The minimum atomic E-state index is -2.65. The fourth-order valence-corrected chi connectivity index (χ4v) is 2.60. The number of fused-ring (bicyclic) bond motifs is 1.